The fourth-order valence-electron chi connectivity index (χ4n) is 2.28. The summed E-state index contributed by atoms with van der Waals surface area (Å²) in [6.45, 7) is 6.89. The zero-order valence-electron chi connectivity index (χ0n) is 13.4. The van der Waals surface area contributed by atoms with E-state index < -0.39 is 11.9 Å². The topological polar surface area (TPSA) is 81.1 Å². The molecule has 0 amide bonds. The van der Waals surface area contributed by atoms with Gasteiger partial charge in [0.15, 0.2) is 0 Å². The molecule has 124 valence electrons. The van der Waals surface area contributed by atoms with Crippen LogP contribution in [0.1, 0.15) is 46.0 Å². The fraction of sp³-hybridized carbons (Fsp3) is 0.867. The lowest BCUT2D eigenvalue weighted by Crippen LogP contribution is -2.40. The normalized spacial score (nSPS) is 11.2. The molecule has 0 atom stereocenters. The van der Waals surface area contributed by atoms with Gasteiger partial charge in [-0.1, -0.05) is 33.1 Å². The molecule has 0 radical (unpaired) electrons. The molecule has 0 fully saturated rings. The first-order chi connectivity index (χ1) is 9.99. The van der Waals surface area contributed by atoms with Gasteiger partial charge in [-0.05, 0) is 25.9 Å². The number of hydrogen-bond donors (Lipinski definition) is 2. The summed E-state index contributed by atoms with van der Waals surface area (Å²) in [6.07, 6.45) is 5.32. The standard InChI is InChI=1S/C15H30N2O4/c1-3-5-6-7-9-17(13-15(20)21)11-10-16(8-4-2)12-14(18)19/h3-13H2,1-2H3,(H,18,19)(H,20,21). The number of rotatable bonds is 14. The predicted molar refractivity (Wildman–Crippen MR) is 82.6 cm³/mol. The van der Waals surface area contributed by atoms with Crippen molar-refractivity contribution in [3.63, 3.8) is 0 Å². The maximum atomic E-state index is 10.9. The Labute approximate surface area is 127 Å². The van der Waals surface area contributed by atoms with Crippen molar-refractivity contribution in [2.45, 2.75) is 46.0 Å². The van der Waals surface area contributed by atoms with Crippen LogP contribution in [0.2, 0.25) is 0 Å². The van der Waals surface area contributed by atoms with Crippen LogP contribution in [0.15, 0.2) is 0 Å². The minimum Gasteiger partial charge on any atom is -0.480 e. The van der Waals surface area contributed by atoms with Crippen molar-refractivity contribution in [2.24, 2.45) is 0 Å². The minimum atomic E-state index is -0.837. The summed E-state index contributed by atoms with van der Waals surface area (Å²) in [6, 6.07) is 0. The number of carboxylic acid groups (broad SMARTS) is 2. The second-order valence-electron chi connectivity index (χ2n) is 5.40. The lowest BCUT2D eigenvalue weighted by molar-refractivity contribution is -0.140. The summed E-state index contributed by atoms with van der Waals surface area (Å²) in [4.78, 5) is 25.5. The van der Waals surface area contributed by atoms with Crippen LogP contribution < -0.4 is 0 Å². The molecule has 0 bridgehead atoms. The summed E-state index contributed by atoms with van der Waals surface area (Å²) in [5.74, 6) is -1.66. The van der Waals surface area contributed by atoms with Crippen LogP contribution in [-0.4, -0.2) is 71.2 Å². The number of nitrogens with zero attached hydrogens (tertiary/aromatic N) is 2. The highest BCUT2D eigenvalue weighted by molar-refractivity contribution is 5.69. The summed E-state index contributed by atoms with van der Waals surface area (Å²) < 4.78 is 0. The van der Waals surface area contributed by atoms with Crippen molar-refractivity contribution >= 4 is 11.9 Å². The average Bonchev–Trinajstić information content (AvgIpc) is 2.39. The van der Waals surface area contributed by atoms with Crippen molar-refractivity contribution in [2.75, 3.05) is 39.3 Å². The third-order valence-corrected chi connectivity index (χ3v) is 3.32. The Morgan fingerprint density at radius 3 is 1.67 bits per heavy atom. The van der Waals surface area contributed by atoms with E-state index in [-0.39, 0.29) is 13.1 Å². The highest BCUT2D eigenvalue weighted by Gasteiger charge is 2.13. The van der Waals surface area contributed by atoms with Gasteiger partial charge in [-0.25, -0.2) is 0 Å². The van der Waals surface area contributed by atoms with Gasteiger partial charge in [0.2, 0.25) is 0 Å². The van der Waals surface area contributed by atoms with Gasteiger partial charge in [0.25, 0.3) is 0 Å². The Morgan fingerprint density at radius 2 is 1.24 bits per heavy atom. The molecule has 0 spiro atoms. The minimum absolute atomic E-state index is 0.0184. The Bertz CT molecular complexity index is 297. The second kappa shape index (κ2) is 12.6. The quantitative estimate of drug-likeness (QED) is 0.476. The Morgan fingerprint density at radius 1 is 0.714 bits per heavy atom. The van der Waals surface area contributed by atoms with Crippen molar-refractivity contribution in [1.29, 1.82) is 0 Å². The predicted octanol–water partition coefficient (Wildman–Crippen LogP) is 1.75. The van der Waals surface area contributed by atoms with Crippen molar-refractivity contribution in [3.8, 4) is 0 Å². The van der Waals surface area contributed by atoms with Crippen molar-refractivity contribution < 1.29 is 19.8 Å². The molecular formula is C15H30N2O4. The molecule has 0 saturated heterocycles. The molecule has 0 aromatic carbocycles. The van der Waals surface area contributed by atoms with E-state index in [9.17, 15) is 9.59 Å². The van der Waals surface area contributed by atoms with E-state index in [0.29, 0.717) is 13.1 Å². The summed E-state index contributed by atoms with van der Waals surface area (Å²) >= 11 is 0. The molecule has 0 saturated carbocycles. The van der Waals surface area contributed by atoms with Gasteiger partial charge in [-0.2, -0.15) is 0 Å². The SMILES string of the molecule is CCCCCCN(CCN(CCC)CC(=O)O)CC(=O)O. The van der Waals surface area contributed by atoms with E-state index >= 15 is 0 Å². The molecule has 2 N–H and O–H groups in total. The number of aliphatic carboxylic acids is 2. The van der Waals surface area contributed by atoms with Crippen LogP contribution in [0.25, 0.3) is 0 Å². The molecule has 0 heterocycles. The third-order valence-electron chi connectivity index (χ3n) is 3.32. The van der Waals surface area contributed by atoms with Crippen molar-refractivity contribution in [3.05, 3.63) is 0 Å². The first-order valence-corrected chi connectivity index (χ1v) is 7.87. The maximum Gasteiger partial charge on any atom is 0.317 e. The first kappa shape index (κ1) is 19.9. The molecule has 0 aromatic heterocycles. The van der Waals surface area contributed by atoms with Crippen LogP contribution in [0.5, 0.6) is 0 Å². The van der Waals surface area contributed by atoms with E-state index in [1.165, 1.54) is 6.42 Å². The molecule has 0 aliphatic rings. The molecule has 21 heavy (non-hydrogen) atoms. The van der Waals surface area contributed by atoms with Crippen LogP contribution in [0, 0.1) is 0 Å². The Kier molecular flexibility index (Phi) is 11.9. The molecule has 0 unspecified atom stereocenters. The summed E-state index contributed by atoms with van der Waals surface area (Å²) in [7, 11) is 0. The lowest BCUT2D eigenvalue weighted by Gasteiger charge is -2.25. The second-order valence-corrected chi connectivity index (χ2v) is 5.40. The summed E-state index contributed by atoms with van der Waals surface area (Å²) in [5, 5.41) is 17.8. The summed E-state index contributed by atoms with van der Waals surface area (Å²) in [5.41, 5.74) is 0. The maximum absolute atomic E-state index is 10.9. The Hall–Kier alpha value is -1.14. The van der Waals surface area contributed by atoms with Gasteiger partial charge >= 0.3 is 11.9 Å². The number of carboxylic acids is 2. The fourth-order valence-corrected chi connectivity index (χ4v) is 2.28. The third kappa shape index (κ3) is 12.3. The van der Waals surface area contributed by atoms with E-state index in [1.807, 2.05) is 16.7 Å². The molecule has 0 rings (SSSR count). The number of hydrogen-bond acceptors (Lipinski definition) is 4. The highest BCUT2D eigenvalue weighted by atomic mass is 16.4. The number of carbonyl (C=O) groups is 2. The molecule has 6 heteroatoms. The largest absolute Gasteiger partial charge is 0.480 e. The van der Waals surface area contributed by atoms with Gasteiger partial charge in [-0.15, -0.1) is 0 Å². The van der Waals surface area contributed by atoms with Crippen molar-refractivity contribution in [1.82, 2.24) is 9.80 Å². The zero-order chi connectivity index (χ0) is 16.1. The van der Waals surface area contributed by atoms with E-state index in [4.69, 9.17) is 10.2 Å². The average molecular weight is 302 g/mol. The van der Waals surface area contributed by atoms with Gasteiger partial charge in [-0.3, -0.25) is 19.4 Å². The van der Waals surface area contributed by atoms with Crippen LogP contribution >= 0.6 is 0 Å². The van der Waals surface area contributed by atoms with E-state index in [0.717, 1.165) is 38.8 Å². The van der Waals surface area contributed by atoms with Crippen LogP contribution in [0.3, 0.4) is 0 Å². The zero-order valence-corrected chi connectivity index (χ0v) is 13.4. The van der Waals surface area contributed by atoms with Crippen LogP contribution in [-0.2, 0) is 9.59 Å². The highest BCUT2D eigenvalue weighted by Crippen LogP contribution is 2.02. The van der Waals surface area contributed by atoms with Crippen LogP contribution in [0.4, 0.5) is 0 Å². The smallest absolute Gasteiger partial charge is 0.317 e. The van der Waals surface area contributed by atoms with Gasteiger partial charge < -0.3 is 10.2 Å². The van der Waals surface area contributed by atoms with E-state index in [2.05, 4.69) is 6.92 Å². The molecule has 6 nitrogen and oxygen atoms in total. The monoisotopic (exact) mass is 302 g/mol. The first-order valence-electron chi connectivity index (χ1n) is 7.87. The molecular weight excluding hydrogens is 272 g/mol. The molecule has 0 aromatic rings. The molecule has 0 aliphatic carbocycles. The van der Waals surface area contributed by atoms with Gasteiger partial charge in [0.1, 0.15) is 0 Å². The van der Waals surface area contributed by atoms with Gasteiger partial charge in [0.05, 0.1) is 13.1 Å². The molecule has 0 aliphatic heterocycles. The lowest BCUT2D eigenvalue weighted by atomic mass is 10.2. The Balaban J connectivity index is 4.21. The number of unbranched alkanes of at least 4 members (excludes halogenated alkanes) is 3. The van der Waals surface area contributed by atoms with E-state index in [1.54, 1.807) is 0 Å². The van der Waals surface area contributed by atoms with Gasteiger partial charge in [0, 0.05) is 13.1 Å².